The van der Waals surface area contributed by atoms with E-state index in [0.29, 0.717) is 6.04 Å². The molecule has 5 nitrogen and oxygen atoms in total. The van der Waals surface area contributed by atoms with Crippen molar-refractivity contribution in [1.82, 2.24) is 10.3 Å². The molecule has 1 atom stereocenters. The molecule has 1 aromatic heterocycles. The summed E-state index contributed by atoms with van der Waals surface area (Å²) in [4.78, 5) is 6.78. The van der Waals surface area contributed by atoms with Crippen molar-refractivity contribution in [1.29, 1.82) is 0 Å². The van der Waals surface area contributed by atoms with E-state index in [-0.39, 0.29) is 6.04 Å². The third-order valence-electron chi connectivity index (χ3n) is 4.58. The Balaban J connectivity index is 1.59. The average molecular weight is 347 g/mol. The van der Waals surface area contributed by atoms with Crippen LogP contribution < -0.4 is 19.7 Å². The van der Waals surface area contributed by atoms with Crippen molar-refractivity contribution >= 4 is 16.5 Å². The Kier molecular flexibility index (Phi) is 5.58. The molecule has 0 amide bonds. The maximum absolute atomic E-state index is 5.53. The first-order valence-corrected chi connectivity index (χ1v) is 9.21. The summed E-state index contributed by atoms with van der Waals surface area (Å²) in [5.41, 5.74) is 1.17. The smallest absolute Gasteiger partial charge is 0.185 e. The predicted molar refractivity (Wildman–Crippen MR) is 98.4 cm³/mol. The zero-order valence-electron chi connectivity index (χ0n) is 14.5. The molecule has 130 valence electrons. The van der Waals surface area contributed by atoms with Gasteiger partial charge in [0, 0.05) is 48.4 Å². The van der Waals surface area contributed by atoms with E-state index in [0.717, 1.165) is 42.6 Å². The van der Waals surface area contributed by atoms with Gasteiger partial charge in [-0.1, -0.05) is 6.07 Å². The summed E-state index contributed by atoms with van der Waals surface area (Å²) in [6, 6.07) is 6.77. The Morgan fingerprint density at radius 3 is 2.67 bits per heavy atom. The normalized spacial score (nSPS) is 16.9. The number of nitrogens with zero attached hydrogens (tertiary/aromatic N) is 2. The number of rotatable bonds is 6. The molecule has 2 heterocycles. The summed E-state index contributed by atoms with van der Waals surface area (Å²) in [5.74, 6) is 1.69. The van der Waals surface area contributed by atoms with Crippen LogP contribution in [0.25, 0.3) is 0 Å². The molecular formula is C18H25N3O2S. The number of benzene rings is 1. The molecule has 2 aromatic rings. The number of thiazole rings is 1. The van der Waals surface area contributed by atoms with Gasteiger partial charge in [-0.2, -0.15) is 0 Å². The summed E-state index contributed by atoms with van der Waals surface area (Å²) < 4.78 is 10.8. The fourth-order valence-electron chi connectivity index (χ4n) is 3.23. The first-order valence-electron chi connectivity index (χ1n) is 8.33. The number of hydrogen-bond donors (Lipinski definition) is 1. The summed E-state index contributed by atoms with van der Waals surface area (Å²) in [6.45, 7) is 4.30. The van der Waals surface area contributed by atoms with Crippen molar-refractivity contribution in [2.45, 2.75) is 31.8 Å². The van der Waals surface area contributed by atoms with Crippen LogP contribution in [0, 0.1) is 0 Å². The lowest BCUT2D eigenvalue weighted by atomic mass is 10.0. The number of aromatic nitrogens is 1. The van der Waals surface area contributed by atoms with Crippen molar-refractivity contribution in [2.24, 2.45) is 0 Å². The van der Waals surface area contributed by atoms with Gasteiger partial charge in [0.2, 0.25) is 0 Å². The van der Waals surface area contributed by atoms with Gasteiger partial charge in [-0.25, -0.2) is 4.98 Å². The molecular weight excluding hydrogens is 322 g/mol. The number of nitrogens with one attached hydrogen (secondary N) is 1. The van der Waals surface area contributed by atoms with E-state index in [4.69, 9.17) is 9.47 Å². The average Bonchev–Trinajstić information content (AvgIpc) is 3.16. The van der Waals surface area contributed by atoms with E-state index in [9.17, 15) is 0 Å². The molecule has 0 aliphatic carbocycles. The van der Waals surface area contributed by atoms with Gasteiger partial charge < -0.3 is 19.7 Å². The van der Waals surface area contributed by atoms with E-state index in [1.807, 2.05) is 23.7 Å². The second-order valence-corrected chi connectivity index (χ2v) is 6.95. The maximum atomic E-state index is 5.53. The minimum atomic E-state index is 0.238. The van der Waals surface area contributed by atoms with Crippen LogP contribution in [0.3, 0.4) is 0 Å². The van der Waals surface area contributed by atoms with Crippen LogP contribution in [-0.2, 0) is 0 Å². The van der Waals surface area contributed by atoms with E-state index in [2.05, 4.69) is 28.2 Å². The van der Waals surface area contributed by atoms with Gasteiger partial charge in [0.1, 0.15) is 11.5 Å². The van der Waals surface area contributed by atoms with E-state index in [1.165, 1.54) is 5.56 Å². The van der Waals surface area contributed by atoms with Crippen LogP contribution in [0.15, 0.2) is 29.8 Å². The zero-order valence-corrected chi connectivity index (χ0v) is 15.3. The Morgan fingerprint density at radius 2 is 2.04 bits per heavy atom. The standard InChI is InChI=1S/C18H25N3O2S/c1-13(16-5-4-15(22-2)12-17(16)23-3)20-14-6-9-21(10-7-14)18-19-8-11-24-18/h4-5,8,11-14,20H,6-7,9-10H2,1-3H3/t13-/m1/s1. The predicted octanol–water partition coefficient (Wildman–Crippen LogP) is 3.48. The van der Waals surface area contributed by atoms with Gasteiger partial charge in [0.05, 0.1) is 14.2 Å². The zero-order chi connectivity index (χ0) is 16.9. The molecule has 1 N–H and O–H groups in total. The van der Waals surface area contributed by atoms with Gasteiger partial charge in [0.25, 0.3) is 0 Å². The molecule has 1 aromatic carbocycles. The van der Waals surface area contributed by atoms with E-state index < -0.39 is 0 Å². The lowest BCUT2D eigenvalue weighted by Gasteiger charge is -2.34. The first kappa shape index (κ1) is 17.0. The number of hydrogen-bond acceptors (Lipinski definition) is 6. The first-order chi connectivity index (χ1) is 11.7. The van der Waals surface area contributed by atoms with Gasteiger partial charge >= 0.3 is 0 Å². The Bertz CT molecular complexity index is 640. The number of methoxy groups -OCH3 is 2. The monoisotopic (exact) mass is 347 g/mol. The second-order valence-electron chi connectivity index (χ2n) is 6.07. The van der Waals surface area contributed by atoms with Crippen LogP contribution in [-0.4, -0.2) is 38.3 Å². The van der Waals surface area contributed by atoms with Crippen molar-refractivity contribution < 1.29 is 9.47 Å². The highest BCUT2D eigenvalue weighted by molar-refractivity contribution is 7.13. The summed E-state index contributed by atoms with van der Waals surface area (Å²) in [6.07, 6.45) is 4.13. The highest BCUT2D eigenvalue weighted by atomic mass is 32.1. The molecule has 0 spiro atoms. The molecule has 24 heavy (non-hydrogen) atoms. The van der Waals surface area contributed by atoms with Crippen molar-refractivity contribution in [2.75, 3.05) is 32.2 Å². The van der Waals surface area contributed by atoms with Gasteiger partial charge in [-0.3, -0.25) is 0 Å². The number of anilines is 1. The Hall–Kier alpha value is -1.79. The summed E-state index contributed by atoms with van der Waals surface area (Å²) >= 11 is 1.72. The fourth-order valence-corrected chi connectivity index (χ4v) is 3.93. The van der Waals surface area contributed by atoms with Crippen LogP contribution >= 0.6 is 11.3 Å². The molecule has 3 rings (SSSR count). The highest BCUT2D eigenvalue weighted by Gasteiger charge is 2.23. The highest BCUT2D eigenvalue weighted by Crippen LogP contribution is 2.30. The van der Waals surface area contributed by atoms with Gasteiger partial charge in [-0.05, 0) is 25.8 Å². The SMILES string of the molecule is COc1ccc([C@@H](C)NC2CCN(c3nccs3)CC2)c(OC)c1. The van der Waals surface area contributed by atoms with E-state index in [1.54, 1.807) is 25.6 Å². The second kappa shape index (κ2) is 7.85. The molecule has 0 bridgehead atoms. The van der Waals surface area contributed by atoms with E-state index >= 15 is 0 Å². The third kappa shape index (κ3) is 3.82. The molecule has 0 unspecified atom stereocenters. The molecule has 0 radical (unpaired) electrons. The largest absolute Gasteiger partial charge is 0.497 e. The summed E-state index contributed by atoms with van der Waals surface area (Å²) in [5, 5.41) is 6.93. The molecule has 0 saturated carbocycles. The van der Waals surface area contributed by atoms with Crippen LogP contribution in [0.5, 0.6) is 11.5 Å². The van der Waals surface area contributed by atoms with Crippen molar-refractivity contribution in [3.05, 3.63) is 35.3 Å². The molecule has 1 aliphatic rings. The minimum absolute atomic E-state index is 0.238. The van der Waals surface area contributed by atoms with Crippen LogP contribution in [0.2, 0.25) is 0 Å². The quantitative estimate of drug-likeness (QED) is 0.867. The van der Waals surface area contributed by atoms with Crippen LogP contribution in [0.4, 0.5) is 5.13 Å². The summed E-state index contributed by atoms with van der Waals surface area (Å²) in [7, 11) is 3.38. The number of piperidine rings is 1. The lowest BCUT2D eigenvalue weighted by Crippen LogP contribution is -2.43. The molecule has 1 aliphatic heterocycles. The number of ether oxygens (including phenoxy) is 2. The van der Waals surface area contributed by atoms with Crippen LogP contribution in [0.1, 0.15) is 31.4 Å². The molecule has 6 heteroatoms. The Labute approximate surface area is 147 Å². The minimum Gasteiger partial charge on any atom is -0.497 e. The van der Waals surface area contributed by atoms with Gasteiger partial charge in [0.15, 0.2) is 5.13 Å². The topological polar surface area (TPSA) is 46.6 Å². The van der Waals surface area contributed by atoms with Crippen molar-refractivity contribution in [3.8, 4) is 11.5 Å². The maximum Gasteiger partial charge on any atom is 0.185 e. The third-order valence-corrected chi connectivity index (χ3v) is 5.41. The fraction of sp³-hybridized carbons (Fsp3) is 0.500. The van der Waals surface area contributed by atoms with Gasteiger partial charge in [-0.15, -0.1) is 11.3 Å². The Morgan fingerprint density at radius 1 is 1.25 bits per heavy atom. The molecule has 1 saturated heterocycles. The van der Waals surface area contributed by atoms with Crippen molar-refractivity contribution in [3.63, 3.8) is 0 Å². The molecule has 1 fully saturated rings. The lowest BCUT2D eigenvalue weighted by molar-refractivity contribution is 0.361.